The third-order valence-electron chi connectivity index (χ3n) is 6.61. The summed E-state index contributed by atoms with van der Waals surface area (Å²) in [5.74, 6) is 1.00. The summed E-state index contributed by atoms with van der Waals surface area (Å²) in [5, 5.41) is 6.30. The average molecular weight is 437 g/mol. The Labute approximate surface area is 187 Å². The van der Waals surface area contributed by atoms with Gasteiger partial charge in [0.1, 0.15) is 0 Å². The number of aliphatic imine (C=N–C) groups is 1. The molecular weight excluding hydrogens is 400 g/mol. The summed E-state index contributed by atoms with van der Waals surface area (Å²) in [6.07, 6.45) is 2.11. The number of benzene rings is 2. The van der Waals surface area contributed by atoms with Gasteiger partial charge in [0.05, 0.1) is 18.7 Å². The van der Waals surface area contributed by atoms with E-state index in [4.69, 9.17) is 15.2 Å². The second-order valence-corrected chi connectivity index (χ2v) is 14.0. The fraction of sp³-hybridized carbons (Fsp3) is 0.480. The molecule has 2 aliphatic rings. The molecule has 2 heterocycles. The molecule has 0 aliphatic carbocycles. The zero-order valence-electron chi connectivity index (χ0n) is 19.1. The van der Waals surface area contributed by atoms with Crippen molar-refractivity contribution in [2.24, 2.45) is 10.7 Å². The van der Waals surface area contributed by atoms with Crippen LogP contribution in [-0.2, 0) is 4.43 Å². The molecule has 2 aliphatic heterocycles. The van der Waals surface area contributed by atoms with Crippen molar-refractivity contribution < 1.29 is 4.43 Å². The van der Waals surface area contributed by atoms with E-state index in [0.29, 0.717) is 13.2 Å². The molecule has 31 heavy (non-hydrogen) atoms. The van der Waals surface area contributed by atoms with Crippen LogP contribution in [0, 0.1) is 0 Å². The lowest BCUT2D eigenvalue weighted by Crippen LogP contribution is -2.68. The highest BCUT2D eigenvalue weighted by Crippen LogP contribution is 2.37. The quantitative estimate of drug-likeness (QED) is 0.682. The predicted octanol–water partition coefficient (Wildman–Crippen LogP) is 2.31. The normalized spacial score (nSPS) is 21.8. The van der Waals surface area contributed by atoms with Crippen molar-refractivity contribution >= 4 is 24.7 Å². The van der Waals surface area contributed by atoms with Crippen molar-refractivity contribution in [2.45, 2.75) is 50.7 Å². The zero-order chi connectivity index (χ0) is 21.9. The second kappa shape index (κ2) is 9.15. The maximum atomic E-state index is 7.12. The van der Waals surface area contributed by atoms with Crippen LogP contribution in [-0.4, -0.2) is 57.5 Å². The third-order valence-corrected chi connectivity index (χ3v) is 11.6. The summed E-state index contributed by atoms with van der Waals surface area (Å²) >= 11 is 0. The zero-order valence-corrected chi connectivity index (χ0v) is 20.1. The first-order chi connectivity index (χ1) is 14.9. The van der Waals surface area contributed by atoms with Crippen LogP contribution in [0.1, 0.15) is 33.6 Å². The lowest BCUT2D eigenvalue weighted by Gasteiger charge is -2.45. The number of nitrogens with zero attached hydrogens (tertiary/aromatic N) is 2. The lowest BCUT2D eigenvalue weighted by atomic mass is 10.1. The van der Waals surface area contributed by atoms with Crippen LogP contribution in [0.2, 0.25) is 5.04 Å². The molecule has 1 fully saturated rings. The molecule has 0 aromatic heterocycles. The highest BCUT2D eigenvalue weighted by molar-refractivity contribution is 6.99. The minimum absolute atomic E-state index is 0.0105. The van der Waals surface area contributed by atoms with Gasteiger partial charge in [-0.05, 0) is 28.3 Å². The number of guanidine groups is 1. The number of rotatable bonds is 6. The SMILES string of the molecule is CC(C)(C)[Si](OC[C@H]1CCN2CC[C@H](CN)N=C2N1)(c1ccccc1)c1ccccc1. The Morgan fingerprint density at radius 3 is 2.13 bits per heavy atom. The Balaban J connectivity index is 1.62. The van der Waals surface area contributed by atoms with Crippen LogP contribution in [0.15, 0.2) is 65.7 Å². The van der Waals surface area contributed by atoms with Crippen molar-refractivity contribution in [2.75, 3.05) is 26.2 Å². The first-order valence-corrected chi connectivity index (χ1v) is 13.4. The Kier molecular flexibility index (Phi) is 6.51. The van der Waals surface area contributed by atoms with Gasteiger partial charge in [-0.15, -0.1) is 0 Å². The Morgan fingerprint density at radius 1 is 1.00 bits per heavy atom. The topological polar surface area (TPSA) is 62.9 Å². The molecule has 1 saturated heterocycles. The molecule has 0 spiro atoms. The van der Waals surface area contributed by atoms with E-state index in [9.17, 15) is 0 Å². The summed E-state index contributed by atoms with van der Waals surface area (Å²) in [7, 11) is -2.51. The molecule has 0 saturated carbocycles. The van der Waals surface area contributed by atoms with Gasteiger partial charge in [-0.2, -0.15) is 0 Å². The summed E-state index contributed by atoms with van der Waals surface area (Å²) in [6.45, 7) is 10.3. The summed E-state index contributed by atoms with van der Waals surface area (Å²) < 4.78 is 7.12. The molecule has 0 amide bonds. The molecule has 2 aromatic rings. The van der Waals surface area contributed by atoms with Gasteiger partial charge in [-0.25, -0.2) is 4.99 Å². The Bertz CT molecular complexity index is 842. The minimum atomic E-state index is -2.51. The maximum absolute atomic E-state index is 7.12. The molecule has 6 heteroatoms. The smallest absolute Gasteiger partial charge is 0.261 e. The number of fused-ring (bicyclic) bond motifs is 1. The third kappa shape index (κ3) is 4.42. The molecule has 0 radical (unpaired) electrons. The maximum Gasteiger partial charge on any atom is 0.261 e. The van der Waals surface area contributed by atoms with Gasteiger partial charge < -0.3 is 20.4 Å². The largest absolute Gasteiger partial charge is 0.405 e. The van der Waals surface area contributed by atoms with Crippen LogP contribution in [0.5, 0.6) is 0 Å². The number of hydrogen-bond donors (Lipinski definition) is 2. The van der Waals surface area contributed by atoms with Crippen molar-refractivity contribution in [3.05, 3.63) is 60.7 Å². The molecular formula is C25H36N4OSi. The fourth-order valence-electron chi connectivity index (χ4n) is 4.93. The van der Waals surface area contributed by atoms with Crippen LogP contribution in [0.3, 0.4) is 0 Å². The monoisotopic (exact) mass is 436 g/mol. The molecule has 3 N–H and O–H groups in total. The minimum Gasteiger partial charge on any atom is -0.405 e. The second-order valence-electron chi connectivity index (χ2n) is 9.72. The number of nitrogens with one attached hydrogen (secondary N) is 1. The van der Waals surface area contributed by atoms with Gasteiger partial charge in [0.2, 0.25) is 0 Å². The predicted molar refractivity (Wildman–Crippen MR) is 132 cm³/mol. The average Bonchev–Trinajstić information content (AvgIpc) is 2.79. The van der Waals surface area contributed by atoms with E-state index in [-0.39, 0.29) is 17.1 Å². The van der Waals surface area contributed by atoms with Crippen molar-refractivity contribution in [3.8, 4) is 0 Å². The van der Waals surface area contributed by atoms with E-state index in [1.807, 2.05) is 0 Å². The van der Waals surface area contributed by atoms with E-state index in [2.05, 4.69) is 91.7 Å². The van der Waals surface area contributed by atoms with Crippen LogP contribution >= 0.6 is 0 Å². The van der Waals surface area contributed by atoms with Gasteiger partial charge >= 0.3 is 0 Å². The molecule has 5 nitrogen and oxygen atoms in total. The first kappa shape index (κ1) is 22.1. The Hall–Kier alpha value is -2.15. The highest BCUT2D eigenvalue weighted by atomic mass is 28.4. The van der Waals surface area contributed by atoms with Crippen molar-refractivity contribution in [3.63, 3.8) is 0 Å². The van der Waals surface area contributed by atoms with Gasteiger partial charge in [0.15, 0.2) is 5.96 Å². The molecule has 0 unspecified atom stereocenters. The van der Waals surface area contributed by atoms with Crippen LogP contribution in [0.4, 0.5) is 0 Å². The summed E-state index contributed by atoms with van der Waals surface area (Å²) in [6, 6.07) is 22.2. The van der Waals surface area contributed by atoms with E-state index < -0.39 is 8.32 Å². The lowest BCUT2D eigenvalue weighted by molar-refractivity contribution is 0.216. The van der Waals surface area contributed by atoms with E-state index >= 15 is 0 Å². The van der Waals surface area contributed by atoms with E-state index in [1.54, 1.807) is 0 Å². The van der Waals surface area contributed by atoms with Gasteiger partial charge in [0.25, 0.3) is 8.32 Å². The van der Waals surface area contributed by atoms with E-state index in [0.717, 1.165) is 31.9 Å². The highest BCUT2D eigenvalue weighted by Gasteiger charge is 2.50. The van der Waals surface area contributed by atoms with Gasteiger partial charge in [0, 0.05) is 19.6 Å². The molecule has 0 bridgehead atoms. The van der Waals surface area contributed by atoms with Crippen LogP contribution in [0.25, 0.3) is 0 Å². The van der Waals surface area contributed by atoms with Crippen molar-refractivity contribution in [1.82, 2.24) is 10.2 Å². The standard InChI is InChI=1S/C25H36N4OSi/c1-25(2,3)31(22-10-6-4-7-11-22,23-12-8-5-9-13-23)30-19-21-15-17-29-16-14-20(18-26)27-24(29)28-21/h4-13,20-21H,14-19,26H2,1-3H3,(H,27,28)/t20-,21-/m1/s1. The molecule has 166 valence electrons. The van der Waals surface area contributed by atoms with Gasteiger partial charge in [-0.1, -0.05) is 81.4 Å². The molecule has 2 aromatic carbocycles. The van der Waals surface area contributed by atoms with Crippen molar-refractivity contribution in [1.29, 1.82) is 0 Å². The summed E-state index contributed by atoms with van der Waals surface area (Å²) in [4.78, 5) is 7.20. The molecule has 2 atom stereocenters. The van der Waals surface area contributed by atoms with Crippen LogP contribution < -0.4 is 21.4 Å². The molecule has 4 rings (SSSR count). The summed E-state index contributed by atoms with van der Waals surface area (Å²) in [5.41, 5.74) is 5.88. The number of hydrogen-bond acceptors (Lipinski definition) is 5. The van der Waals surface area contributed by atoms with E-state index in [1.165, 1.54) is 10.4 Å². The first-order valence-electron chi connectivity index (χ1n) is 11.5. The Morgan fingerprint density at radius 2 is 1.58 bits per heavy atom. The number of nitrogens with two attached hydrogens (primary N) is 1. The fourth-order valence-corrected chi connectivity index (χ4v) is 9.53. The van der Waals surface area contributed by atoms with Gasteiger partial charge in [-0.3, -0.25) is 0 Å².